The Kier molecular flexibility index (Phi) is 6.15. The molecule has 0 aromatic heterocycles. The van der Waals surface area contributed by atoms with Crippen LogP contribution in [0.4, 0.5) is 4.79 Å². The number of halogens is 1. The Morgan fingerprint density at radius 1 is 0.812 bits per heavy atom. The van der Waals surface area contributed by atoms with E-state index in [2.05, 4.69) is 70.9 Å². The lowest BCUT2D eigenvalue weighted by Crippen LogP contribution is -2.53. The minimum Gasteiger partial charge on any atom is -0.335 e. The van der Waals surface area contributed by atoms with E-state index in [0.717, 1.165) is 37.6 Å². The summed E-state index contributed by atoms with van der Waals surface area (Å²) in [7, 11) is 0. The van der Waals surface area contributed by atoms with Gasteiger partial charge in [-0.15, -0.1) is 0 Å². The lowest BCUT2D eigenvalue weighted by molar-refractivity contribution is 0.120. The van der Waals surface area contributed by atoms with E-state index in [1.54, 1.807) is 0 Å². The highest BCUT2D eigenvalue weighted by molar-refractivity contribution is 6.30. The van der Waals surface area contributed by atoms with E-state index >= 15 is 0 Å². The van der Waals surface area contributed by atoms with Gasteiger partial charge in [-0.3, -0.25) is 4.90 Å². The van der Waals surface area contributed by atoms with Crippen molar-refractivity contribution in [3.63, 3.8) is 0 Å². The van der Waals surface area contributed by atoms with Crippen LogP contribution in [-0.2, 0) is 0 Å². The van der Waals surface area contributed by atoms with Gasteiger partial charge in [0.15, 0.2) is 0 Å². The molecule has 0 bridgehead atoms. The summed E-state index contributed by atoms with van der Waals surface area (Å²) in [6.45, 7) is 3.13. The third-order valence-corrected chi connectivity index (χ3v) is 6.85. The third-order valence-electron chi connectivity index (χ3n) is 6.59. The predicted molar refractivity (Wildman–Crippen MR) is 129 cm³/mol. The fourth-order valence-corrected chi connectivity index (χ4v) is 4.88. The number of rotatable bonds is 5. The zero-order valence-corrected chi connectivity index (χ0v) is 18.8. The van der Waals surface area contributed by atoms with Gasteiger partial charge in [-0.25, -0.2) is 4.79 Å². The molecule has 4 nitrogen and oxygen atoms in total. The highest BCUT2D eigenvalue weighted by atomic mass is 35.5. The van der Waals surface area contributed by atoms with Gasteiger partial charge in [0.25, 0.3) is 0 Å². The number of carbonyl (C=O) groups is 1. The maximum absolute atomic E-state index is 12.9. The van der Waals surface area contributed by atoms with Crippen LogP contribution in [0.2, 0.25) is 5.02 Å². The van der Waals surface area contributed by atoms with Crippen LogP contribution in [0.1, 0.15) is 35.1 Å². The SMILES string of the molecule is O=C(N[C@@H]1C[C@H]1c1ccccc1)N1CCN([C@@H](c2ccccc2)c2ccc(Cl)cc2)CC1. The first-order chi connectivity index (χ1) is 15.7. The van der Waals surface area contributed by atoms with Gasteiger partial charge < -0.3 is 10.2 Å². The van der Waals surface area contributed by atoms with Crippen LogP contribution >= 0.6 is 11.6 Å². The third kappa shape index (κ3) is 4.67. The van der Waals surface area contributed by atoms with Crippen molar-refractivity contribution in [1.29, 1.82) is 0 Å². The van der Waals surface area contributed by atoms with Crippen LogP contribution in [0.5, 0.6) is 0 Å². The number of carbonyl (C=O) groups excluding carboxylic acids is 1. The molecule has 1 saturated heterocycles. The largest absolute Gasteiger partial charge is 0.335 e. The topological polar surface area (TPSA) is 35.6 Å². The van der Waals surface area contributed by atoms with Crippen molar-refractivity contribution < 1.29 is 4.79 Å². The lowest BCUT2D eigenvalue weighted by Gasteiger charge is -2.39. The minimum atomic E-state index is 0.0656. The number of urea groups is 1. The highest BCUT2D eigenvalue weighted by Gasteiger charge is 2.40. The summed E-state index contributed by atoms with van der Waals surface area (Å²) in [6.07, 6.45) is 1.03. The Morgan fingerprint density at radius 2 is 1.41 bits per heavy atom. The van der Waals surface area contributed by atoms with Gasteiger partial charge in [-0.05, 0) is 35.2 Å². The summed E-state index contributed by atoms with van der Waals surface area (Å²) in [4.78, 5) is 17.3. The Labute approximate surface area is 194 Å². The smallest absolute Gasteiger partial charge is 0.317 e. The molecule has 1 heterocycles. The molecule has 0 radical (unpaired) electrons. The Morgan fingerprint density at radius 3 is 2.06 bits per heavy atom. The second-order valence-corrected chi connectivity index (χ2v) is 9.13. The summed E-state index contributed by atoms with van der Waals surface area (Å²) in [5, 5.41) is 3.99. The van der Waals surface area contributed by atoms with Gasteiger partial charge in [0, 0.05) is 43.2 Å². The molecule has 2 amide bonds. The summed E-state index contributed by atoms with van der Waals surface area (Å²) < 4.78 is 0. The molecule has 2 fully saturated rings. The van der Waals surface area contributed by atoms with Crippen molar-refractivity contribution in [3.05, 3.63) is 107 Å². The molecule has 3 aromatic rings. The first kappa shape index (κ1) is 21.0. The average molecular weight is 446 g/mol. The van der Waals surface area contributed by atoms with Gasteiger partial charge in [-0.1, -0.05) is 84.4 Å². The number of hydrogen-bond acceptors (Lipinski definition) is 2. The fourth-order valence-electron chi connectivity index (χ4n) is 4.75. The van der Waals surface area contributed by atoms with E-state index in [-0.39, 0.29) is 18.1 Å². The Hall–Kier alpha value is -2.82. The fraction of sp³-hybridized carbons (Fsp3) is 0.296. The van der Waals surface area contributed by atoms with Gasteiger partial charge >= 0.3 is 6.03 Å². The Balaban J connectivity index is 1.22. The molecule has 1 saturated carbocycles. The summed E-state index contributed by atoms with van der Waals surface area (Å²) in [6, 6.07) is 29.6. The number of amides is 2. The van der Waals surface area contributed by atoms with Gasteiger partial charge in [0.1, 0.15) is 0 Å². The number of benzene rings is 3. The van der Waals surface area contributed by atoms with E-state index in [1.807, 2.05) is 29.2 Å². The van der Waals surface area contributed by atoms with E-state index in [1.165, 1.54) is 16.7 Å². The Bertz CT molecular complexity index is 1030. The molecule has 0 spiro atoms. The quantitative estimate of drug-likeness (QED) is 0.577. The first-order valence-electron chi connectivity index (χ1n) is 11.3. The lowest BCUT2D eigenvalue weighted by atomic mass is 9.96. The van der Waals surface area contributed by atoms with Crippen LogP contribution in [0.3, 0.4) is 0 Å². The predicted octanol–water partition coefficient (Wildman–Crippen LogP) is 5.31. The van der Waals surface area contributed by atoms with Crippen molar-refractivity contribution in [2.24, 2.45) is 0 Å². The van der Waals surface area contributed by atoms with E-state index in [4.69, 9.17) is 11.6 Å². The summed E-state index contributed by atoms with van der Waals surface area (Å²) in [5.41, 5.74) is 3.80. The van der Waals surface area contributed by atoms with Gasteiger partial charge in [0.05, 0.1) is 6.04 Å². The molecule has 5 heteroatoms. The molecule has 3 atom stereocenters. The van der Waals surface area contributed by atoms with E-state index in [0.29, 0.717) is 5.92 Å². The minimum absolute atomic E-state index is 0.0656. The normalized spacial score (nSPS) is 21.7. The molecule has 3 aromatic carbocycles. The van der Waals surface area contributed by atoms with Crippen molar-refractivity contribution >= 4 is 17.6 Å². The number of nitrogens with one attached hydrogen (secondary N) is 1. The summed E-state index contributed by atoms with van der Waals surface area (Å²) in [5.74, 6) is 0.453. The van der Waals surface area contributed by atoms with Gasteiger partial charge in [0.2, 0.25) is 0 Å². The molecule has 32 heavy (non-hydrogen) atoms. The second kappa shape index (κ2) is 9.35. The first-order valence-corrected chi connectivity index (χ1v) is 11.7. The molecule has 1 N–H and O–H groups in total. The number of nitrogens with zero attached hydrogens (tertiary/aromatic N) is 2. The molecule has 2 aliphatic rings. The van der Waals surface area contributed by atoms with Crippen molar-refractivity contribution in [3.8, 4) is 0 Å². The zero-order valence-electron chi connectivity index (χ0n) is 18.0. The van der Waals surface area contributed by atoms with Crippen molar-refractivity contribution in [2.75, 3.05) is 26.2 Å². The molecule has 0 unspecified atom stereocenters. The molecule has 1 aliphatic heterocycles. The summed E-state index contributed by atoms with van der Waals surface area (Å²) >= 11 is 6.13. The van der Waals surface area contributed by atoms with Crippen LogP contribution in [0.15, 0.2) is 84.9 Å². The van der Waals surface area contributed by atoms with Gasteiger partial charge in [-0.2, -0.15) is 0 Å². The second-order valence-electron chi connectivity index (χ2n) is 8.70. The average Bonchev–Trinajstić information content (AvgIpc) is 3.61. The molecular weight excluding hydrogens is 418 g/mol. The van der Waals surface area contributed by atoms with Crippen LogP contribution < -0.4 is 5.32 Å². The molecule has 5 rings (SSSR count). The van der Waals surface area contributed by atoms with Crippen LogP contribution in [0, 0.1) is 0 Å². The van der Waals surface area contributed by atoms with Crippen molar-refractivity contribution in [1.82, 2.24) is 15.1 Å². The van der Waals surface area contributed by atoms with Crippen LogP contribution in [0.25, 0.3) is 0 Å². The zero-order chi connectivity index (χ0) is 21.9. The van der Waals surface area contributed by atoms with Crippen LogP contribution in [-0.4, -0.2) is 48.1 Å². The molecule has 164 valence electrons. The van der Waals surface area contributed by atoms with E-state index < -0.39 is 0 Å². The maximum Gasteiger partial charge on any atom is 0.317 e. The molecular formula is C27H28ClN3O. The maximum atomic E-state index is 12.9. The highest BCUT2D eigenvalue weighted by Crippen LogP contribution is 2.40. The monoisotopic (exact) mass is 445 g/mol. The number of piperazine rings is 1. The number of hydrogen-bond donors (Lipinski definition) is 1. The van der Waals surface area contributed by atoms with Crippen molar-refractivity contribution in [2.45, 2.75) is 24.4 Å². The molecule has 1 aliphatic carbocycles. The standard InChI is InChI=1S/C27H28ClN3O/c28-23-13-11-22(12-14-23)26(21-9-5-2-6-10-21)30-15-17-31(18-16-30)27(32)29-25-19-24(25)20-7-3-1-4-8-20/h1-14,24-26H,15-19H2,(H,29,32)/t24-,25+,26-/m0/s1. The van der Waals surface area contributed by atoms with E-state index in [9.17, 15) is 4.79 Å².